The number of amides is 2. The maximum absolute atomic E-state index is 12.0. The number of hydrogen-bond donors (Lipinski definition) is 1. The van der Waals surface area contributed by atoms with Gasteiger partial charge < -0.3 is 5.73 Å². The van der Waals surface area contributed by atoms with Crippen molar-refractivity contribution in [3.05, 3.63) is 35.4 Å². The molecule has 124 valence electrons. The van der Waals surface area contributed by atoms with Gasteiger partial charge in [-0.3, -0.25) is 9.59 Å². The molecule has 0 heterocycles. The van der Waals surface area contributed by atoms with Gasteiger partial charge in [0, 0.05) is 0 Å². The molecule has 1 aromatic carbocycles. The highest BCUT2D eigenvalue weighted by molar-refractivity contribution is 6.34. The zero-order valence-corrected chi connectivity index (χ0v) is 13.9. The molecule has 0 radical (unpaired) electrons. The van der Waals surface area contributed by atoms with E-state index < -0.39 is 11.8 Å². The Morgan fingerprint density at radius 3 is 2.30 bits per heavy atom. The summed E-state index contributed by atoms with van der Waals surface area (Å²) in [6.45, 7) is 4.28. The Morgan fingerprint density at radius 2 is 1.78 bits per heavy atom. The van der Waals surface area contributed by atoms with E-state index in [9.17, 15) is 9.59 Å². The molecule has 2 N–H and O–H groups in total. The molecular weight excluding hydrogens is 290 g/mol. The zero-order valence-electron chi connectivity index (χ0n) is 13.9. The van der Waals surface area contributed by atoms with Crippen molar-refractivity contribution in [2.24, 2.45) is 10.8 Å². The van der Waals surface area contributed by atoms with Crippen LogP contribution in [0.1, 0.15) is 63.0 Å². The number of carbonyl (C=O) groups is 2. The Morgan fingerprint density at radius 1 is 1.17 bits per heavy atom. The summed E-state index contributed by atoms with van der Waals surface area (Å²) >= 11 is 0. The maximum atomic E-state index is 12.0. The first kappa shape index (κ1) is 17.2. The molecule has 1 aliphatic rings. The summed E-state index contributed by atoms with van der Waals surface area (Å²) in [5.41, 5.74) is 7.31. The van der Waals surface area contributed by atoms with Gasteiger partial charge in [0.2, 0.25) is 0 Å². The topological polar surface area (TPSA) is 75.8 Å². The van der Waals surface area contributed by atoms with E-state index in [-0.39, 0.29) is 6.04 Å². The van der Waals surface area contributed by atoms with E-state index in [1.807, 2.05) is 24.3 Å². The average molecular weight is 315 g/mol. The highest BCUT2D eigenvalue weighted by Gasteiger charge is 2.28. The molecule has 0 spiro atoms. The van der Waals surface area contributed by atoms with Crippen LogP contribution in [0.15, 0.2) is 29.4 Å². The van der Waals surface area contributed by atoms with Gasteiger partial charge in [0.1, 0.15) is 0 Å². The standard InChI is InChI=1S/C18H25N3O2/c1-13(2)15-10-8-14(9-11-15)12-20-21(18(23)17(19)22)16-6-4-3-5-7-16/h8-13,16H,3-7H2,1-2H3,(H2,19,22)/b20-12+. The van der Waals surface area contributed by atoms with Crippen LogP contribution in [0.2, 0.25) is 0 Å². The van der Waals surface area contributed by atoms with E-state index in [0.29, 0.717) is 5.92 Å². The molecule has 0 atom stereocenters. The van der Waals surface area contributed by atoms with Crippen LogP contribution in [0.25, 0.3) is 0 Å². The second kappa shape index (κ2) is 7.90. The number of rotatable bonds is 4. The predicted molar refractivity (Wildman–Crippen MR) is 91.0 cm³/mol. The quantitative estimate of drug-likeness (QED) is 0.527. The molecule has 0 unspecified atom stereocenters. The lowest BCUT2D eigenvalue weighted by Gasteiger charge is -2.29. The van der Waals surface area contributed by atoms with Crippen molar-refractivity contribution in [3.63, 3.8) is 0 Å². The molecule has 5 heteroatoms. The van der Waals surface area contributed by atoms with Gasteiger partial charge in [-0.15, -0.1) is 0 Å². The monoisotopic (exact) mass is 315 g/mol. The second-order valence-corrected chi connectivity index (χ2v) is 6.37. The smallest absolute Gasteiger partial charge is 0.331 e. The molecule has 2 amide bonds. The fourth-order valence-electron chi connectivity index (χ4n) is 2.85. The van der Waals surface area contributed by atoms with E-state index in [2.05, 4.69) is 18.9 Å². The van der Waals surface area contributed by atoms with Crippen LogP contribution in [0.5, 0.6) is 0 Å². The molecule has 0 bridgehead atoms. The third kappa shape index (κ3) is 4.65. The minimum absolute atomic E-state index is 0.0325. The van der Waals surface area contributed by atoms with Crippen molar-refractivity contribution in [2.75, 3.05) is 0 Å². The van der Waals surface area contributed by atoms with Gasteiger partial charge in [0.15, 0.2) is 0 Å². The molecular formula is C18H25N3O2. The highest BCUT2D eigenvalue weighted by atomic mass is 16.2. The minimum Gasteiger partial charge on any atom is -0.361 e. The predicted octanol–water partition coefficient (Wildman–Crippen LogP) is 2.79. The van der Waals surface area contributed by atoms with Gasteiger partial charge in [-0.1, -0.05) is 57.4 Å². The van der Waals surface area contributed by atoms with Crippen LogP contribution in [-0.2, 0) is 9.59 Å². The first-order chi connectivity index (χ1) is 11.0. The minimum atomic E-state index is -0.956. The highest BCUT2D eigenvalue weighted by Crippen LogP contribution is 2.23. The van der Waals surface area contributed by atoms with Crippen LogP contribution in [-0.4, -0.2) is 29.1 Å². The van der Waals surface area contributed by atoms with E-state index in [4.69, 9.17) is 5.73 Å². The van der Waals surface area contributed by atoms with Crippen LogP contribution < -0.4 is 5.73 Å². The summed E-state index contributed by atoms with van der Waals surface area (Å²) in [6.07, 6.45) is 6.61. The normalized spacial score (nSPS) is 16.0. The molecule has 1 saturated carbocycles. The van der Waals surface area contributed by atoms with Gasteiger partial charge >= 0.3 is 11.8 Å². The lowest BCUT2D eigenvalue weighted by molar-refractivity contribution is -0.146. The second-order valence-electron chi connectivity index (χ2n) is 6.37. The van der Waals surface area contributed by atoms with Gasteiger partial charge in [-0.25, -0.2) is 5.01 Å². The summed E-state index contributed by atoms with van der Waals surface area (Å²) in [5.74, 6) is -1.22. The van der Waals surface area contributed by atoms with Crippen molar-refractivity contribution in [1.82, 2.24) is 5.01 Å². The van der Waals surface area contributed by atoms with Crippen LogP contribution in [0.3, 0.4) is 0 Å². The Labute approximate surface area is 137 Å². The van der Waals surface area contributed by atoms with Crippen molar-refractivity contribution in [2.45, 2.75) is 57.9 Å². The number of hydrogen-bond acceptors (Lipinski definition) is 3. The number of benzene rings is 1. The Kier molecular flexibility index (Phi) is 5.90. The molecule has 1 fully saturated rings. The SMILES string of the molecule is CC(C)c1ccc(/C=N/N(C(=O)C(N)=O)C2CCCCC2)cc1. The molecule has 1 aromatic rings. The largest absolute Gasteiger partial charge is 0.361 e. The zero-order chi connectivity index (χ0) is 16.8. The third-order valence-corrected chi connectivity index (χ3v) is 4.27. The number of primary amides is 1. The Bertz CT molecular complexity index is 572. The number of carbonyl (C=O) groups excluding carboxylic acids is 2. The first-order valence-corrected chi connectivity index (χ1v) is 8.26. The van der Waals surface area contributed by atoms with E-state index in [1.165, 1.54) is 10.6 Å². The van der Waals surface area contributed by atoms with Gasteiger partial charge in [-0.05, 0) is 29.9 Å². The summed E-state index contributed by atoms with van der Waals surface area (Å²) in [7, 11) is 0. The Hall–Kier alpha value is -2.17. The third-order valence-electron chi connectivity index (χ3n) is 4.27. The lowest BCUT2D eigenvalue weighted by Crippen LogP contribution is -2.44. The van der Waals surface area contributed by atoms with E-state index in [1.54, 1.807) is 6.21 Å². The summed E-state index contributed by atoms with van der Waals surface area (Å²) in [6, 6.07) is 7.99. The summed E-state index contributed by atoms with van der Waals surface area (Å²) < 4.78 is 0. The van der Waals surface area contributed by atoms with Crippen LogP contribution in [0.4, 0.5) is 0 Å². The number of nitrogens with zero attached hydrogens (tertiary/aromatic N) is 2. The molecule has 2 rings (SSSR count). The summed E-state index contributed by atoms with van der Waals surface area (Å²) in [5, 5.41) is 5.55. The Balaban J connectivity index is 2.15. The van der Waals surface area contributed by atoms with Crippen molar-refractivity contribution < 1.29 is 9.59 Å². The molecule has 1 aliphatic carbocycles. The van der Waals surface area contributed by atoms with Crippen molar-refractivity contribution in [1.29, 1.82) is 0 Å². The van der Waals surface area contributed by atoms with Gasteiger partial charge in [0.05, 0.1) is 12.3 Å². The average Bonchev–Trinajstić information content (AvgIpc) is 2.56. The maximum Gasteiger partial charge on any atom is 0.331 e. The molecule has 0 aromatic heterocycles. The summed E-state index contributed by atoms with van der Waals surface area (Å²) in [4.78, 5) is 23.3. The first-order valence-electron chi connectivity index (χ1n) is 8.26. The number of hydrazone groups is 1. The van der Waals surface area contributed by atoms with Crippen LogP contribution >= 0.6 is 0 Å². The molecule has 0 saturated heterocycles. The van der Waals surface area contributed by atoms with Gasteiger partial charge in [0.25, 0.3) is 0 Å². The molecule has 5 nitrogen and oxygen atoms in total. The molecule has 23 heavy (non-hydrogen) atoms. The van der Waals surface area contributed by atoms with E-state index in [0.717, 1.165) is 37.7 Å². The van der Waals surface area contributed by atoms with Crippen molar-refractivity contribution in [3.8, 4) is 0 Å². The van der Waals surface area contributed by atoms with E-state index >= 15 is 0 Å². The molecule has 0 aliphatic heterocycles. The fourth-order valence-corrected chi connectivity index (χ4v) is 2.85. The van der Waals surface area contributed by atoms with Gasteiger partial charge in [-0.2, -0.15) is 5.10 Å². The lowest BCUT2D eigenvalue weighted by atomic mass is 9.95. The van der Waals surface area contributed by atoms with Crippen LogP contribution in [0, 0.1) is 0 Å². The van der Waals surface area contributed by atoms with Crippen molar-refractivity contribution >= 4 is 18.0 Å². The fraction of sp³-hybridized carbons (Fsp3) is 0.500. The number of nitrogens with two attached hydrogens (primary N) is 1.